The summed E-state index contributed by atoms with van der Waals surface area (Å²) < 4.78 is 1.03. The molecule has 1 aromatic rings. The number of nitrogens with two attached hydrogens (primary N) is 1. The van der Waals surface area contributed by atoms with Crippen molar-refractivity contribution in [2.45, 2.75) is 37.6 Å². The number of hydrogen-bond acceptors (Lipinski definition) is 2. The van der Waals surface area contributed by atoms with Gasteiger partial charge in [0, 0.05) is 11.0 Å². The molecule has 0 spiro atoms. The second kappa shape index (κ2) is 5.85. The molecule has 4 heteroatoms. The number of halogens is 1. The van der Waals surface area contributed by atoms with Crippen LogP contribution >= 0.6 is 15.9 Å². The van der Waals surface area contributed by atoms with Crippen molar-refractivity contribution in [3.05, 3.63) is 34.3 Å². The summed E-state index contributed by atoms with van der Waals surface area (Å²) in [6, 6.07) is 7.84. The molecule has 0 aromatic heterocycles. The van der Waals surface area contributed by atoms with E-state index in [4.69, 9.17) is 5.73 Å². The van der Waals surface area contributed by atoms with Crippen molar-refractivity contribution in [1.82, 2.24) is 5.32 Å². The summed E-state index contributed by atoms with van der Waals surface area (Å²) in [4.78, 5) is 12.0. The third-order valence-corrected chi connectivity index (χ3v) is 4.16. The molecule has 1 saturated carbocycles. The van der Waals surface area contributed by atoms with Crippen LogP contribution < -0.4 is 11.1 Å². The molecule has 0 bridgehead atoms. The zero-order chi connectivity index (χ0) is 13.0. The van der Waals surface area contributed by atoms with Gasteiger partial charge in [-0.25, -0.2) is 0 Å². The maximum atomic E-state index is 12.0. The average Bonchev–Trinajstić information content (AvgIpc) is 2.81. The highest BCUT2D eigenvalue weighted by atomic mass is 79.9. The van der Waals surface area contributed by atoms with Gasteiger partial charge in [0.2, 0.25) is 5.91 Å². The normalized spacial score (nSPS) is 17.7. The molecule has 1 aliphatic carbocycles. The van der Waals surface area contributed by atoms with Crippen LogP contribution in [0.25, 0.3) is 0 Å². The average molecular weight is 311 g/mol. The number of nitrogens with one attached hydrogen (secondary N) is 1. The van der Waals surface area contributed by atoms with E-state index in [1.807, 2.05) is 24.3 Å². The van der Waals surface area contributed by atoms with E-state index in [1.165, 1.54) is 0 Å². The minimum absolute atomic E-state index is 0.0738. The molecular weight excluding hydrogens is 292 g/mol. The van der Waals surface area contributed by atoms with Gasteiger partial charge in [-0.15, -0.1) is 0 Å². The molecule has 0 radical (unpaired) electrons. The van der Waals surface area contributed by atoms with E-state index >= 15 is 0 Å². The monoisotopic (exact) mass is 310 g/mol. The molecule has 1 fully saturated rings. The molecule has 0 saturated heterocycles. The Kier molecular flexibility index (Phi) is 4.40. The Morgan fingerprint density at radius 1 is 1.28 bits per heavy atom. The standard InChI is InChI=1S/C14H19BrN2O/c15-12-5-3-11(4-6-12)9-13(18)17-14(10-16)7-1-2-8-14/h3-6H,1-2,7-10,16H2,(H,17,18). The van der Waals surface area contributed by atoms with Gasteiger partial charge in [-0.1, -0.05) is 40.9 Å². The molecular formula is C14H19BrN2O. The fraction of sp³-hybridized carbons (Fsp3) is 0.500. The van der Waals surface area contributed by atoms with Gasteiger partial charge < -0.3 is 11.1 Å². The number of amides is 1. The van der Waals surface area contributed by atoms with Crippen LogP contribution in [-0.4, -0.2) is 18.0 Å². The summed E-state index contributed by atoms with van der Waals surface area (Å²) in [6.07, 6.45) is 4.77. The van der Waals surface area contributed by atoms with Crippen molar-refractivity contribution in [3.63, 3.8) is 0 Å². The first kappa shape index (κ1) is 13.6. The summed E-state index contributed by atoms with van der Waals surface area (Å²) in [5.74, 6) is 0.0738. The fourth-order valence-electron chi connectivity index (χ4n) is 2.56. The molecule has 0 atom stereocenters. The zero-order valence-corrected chi connectivity index (χ0v) is 12.0. The van der Waals surface area contributed by atoms with Gasteiger partial charge >= 0.3 is 0 Å². The lowest BCUT2D eigenvalue weighted by Gasteiger charge is -2.28. The topological polar surface area (TPSA) is 55.1 Å². The van der Waals surface area contributed by atoms with Gasteiger partial charge in [-0.2, -0.15) is 0 Å². The number of carbonyl (C=O) groups excluding carboxylic acids is 1. The first-order chi connectivity index (χ1) is 8.63. The van der Waals surface area contributed by atoms with E-state index in [2.05, 4.69) is 21.2 Å². The van der Waals surface area contributed by atoms with Crippen LogP contribution in [0.3, 0.4) is 0 Å². The maximum Gasteiger partial charge on any atom is 0.224 e. The molecule has 1 aliphatic rings. The predicted octanol–water partition coefficient (Wildman–Crippen LogP) is 2.38. The summed E-state index contributed by atoms with van der Waals surface area (Å²) in [5, 5.41) is 3.13. The summed E-state index contributed by atoms with van der Waals surface area (Å²) >= 11 is 3.39. The Bertz CT molecular complexity index is 410. The van der Waals surface area contributed by atoms with Gasteiger partial charge in [-0.3, -0.25) is 4.79 Å². The summed E-state index contributed by atoms with van der Waals surface area (Å²) in [5.41, 5.74) is 6.69. The van der Waals surface area contributed by atoms with Gasteiger partial charge in [-0.05, 0) is 30.5 Å². The van der Waals surface area contributed by atoms with Crippen LogP contribution in [0.5, 0.6) is 0 Å². The third-order valence-electron chi connectivity index (χ3n) is 3.63. The molecule has 1 amide bonds. The quantitative estimate of drug-likeness (QED) is 0.897. The van der Waals surface area contributed by atoms with Crippen molar-refractivity contribution in [2.24, 2.45) is 5.73 Å². The van der Waals surface area contributed by atoms with E-state index in [0.717, 1.165) is 35.7 Å². The molecule has 1 aromatic carbocycles. The molecule has 98 valence electrons. The van der Waals surface area contributed by atoms with Crippen LogP contribution in [0, 0.1) is 0 Å². The minimum Gasteiger partial charge on any atom is -0.349 e. The second-order valence-electron chi connectivity index (χ2n) is 5.04. The van der Waals surface area contributed by atoms with E-state index in [-0.39, 0.29) is 11.4 Å². The summed E-state index contributed by atoms with van der Waals surface area (Å²) in [7, 11) is 0. The molecule has 2 rings (SSSR count). The van der Waals surface area contributed by atoms with Crippen molar-refractivity contribution < 1.29 is 4.79 Å². The van der Waals surface area contributed by atoms with Crippen molar-refractivity contribution in [3.8, 4) is 0 Å². The smallest absolute Gasteiger partial charge is 0.224 e. The molecule has 0 heterocycles. The Hall–Kier alpha value is -0.870. The lowest BCUT2D eigenvalue weighted by atomic mass is 9.97. The van der Waals surface area contributed by atoms with Crippen LogP contribution in [0.2, 0.25) is 0 Å². The fourth-order valence-corrected chi connectivity index (χ4v) is 2.82. The van der Waals surface area contributed by atoms with Crippen molar-refractivity contribution in [2.75, 3.05) is 6.54 Å². The Morgan fingerprint density at radius 2 is 1.89 bits per heavy atom. The molecule has 0 unspecified atom stereocenters. The number of rotatable bonds is 4. The van der Waals surface area contributed by atoms with Crippen LogP contribution in [-0.2, 0) is 11.2 Å². The largest absolute Gasteiger partial charge is 0.349 e. The van der Waals surface area contributed by atoms with Crippen molar-refractivity contribution >= 4 is 21.8 Å². The van der Waals surface area contributed by atoms with E-state index in [0.29, 0.717) is 13.0 Å². The highest BCUT2D eigenvalue weighted by Gasteiger charge is 2.33. The van der Waals surface area contributed by atoms with Gasteiger partial charge in [0.05, 0.1) is 12.0 Å². The van der Waals surface area contributed by atoms with Gasteiger partial charge in [0.1, 0.15) is 0 Å². The Labute approximate surface area is 116 Å². The highest BCUT2D eigenvalue weighted by Crippen LogP contribution is 2.28. The van der Waals surface area contributed by atoms with Crippen LogP contribution in [0.1, 0.15) is 31.2 Å². The molecule has 3 nitrogen and oxygen atoms in total. The van der Waals surface area contributed by atoms with E-state index < -0.39 is 0 Å². The molecule has 0 aliphatic heterocycles. The van der Waals surface area contributed by atoms with Crippen LogP contribution in [0.4, 0.5) is 0 Å². The minimum atomic E-state index is -0.146. The highest BCUT2D eigenvalue weighted by molar-refractivity contribution is 9.10. The van der Waals surface area contributed by atoms with Crippen molar-refractivity contribution in [1.29, 1.82) is 0 Å². The van der Waals surface area contributed by atoms with E-state index in [9.17, 15) is 4.79 Å². The Morgan fingerprint density at radius 3 is 2.44 bits per heavy atom. The first-order valence-corrected chi connectivity index (χ1v) is 7.18. The Balaban J connectivity index is 1.94. The maximum absolute atomic E-state index is 12.0. The first-order valence-electron chi connectivity index (χ1n) is 6.39. The SMILES string of the molecule is NCC1(NC(=O)Cc2ccc(Br)cc2)CCCC1. The van der Waals surface area contributed by atoms with Crippen LogP contribution in [0.15, 0.2) is 28.7 Å². The molecule has 3 N–H and O–H groups in total. The van der Waals surface area contributed by atoms with Gasteiger partial charge in [0.15, 0.2) is 0 Å². The van der Waals surface area contributed by atoms with E-state index in [1.54, 1.807) is 0 Å². The molecule has 18 heavy (non-hydrogen) atoms. The number of benzene rings is 1. The van der Waals surface area contributed by atoms with Gasteiger partial charge in [0.25, 0.3) is 0 Å². The predicted molar refractivity (Wildman–Crippen MR) is 76.2 cm³/mol. The lowest BCUT2D eigenvalue weighted by molar-refractivity contribution is -0.122. The third kappa shape index (κ3) is 3.33. The number of carbonyl (C=O) groups is 1. The number of hydrogen-bond donors (Lipinski definition) is 2. The second-order valence-corrected chi connectivity index (χ2v) is 5.96. The zero-order valence-electron chi connectivity index (χ0n) is 10.4. The lowest BCUT2D eigenvalue weighted by Crippen LogP contribution is -2.52. The summed E-state index contributed by atoms with van der Waals surface area (Å²) in [6.45, 7) is 0.541.